The van der Waals surface area contributed by atoms with E-state index in [0.29, 0.717) is 23.3 Å². The molecule has 0 aromatic heterocycles. The van der Waals surface area contributed by atoms with Crippen LogP contribution in [0.5, 0.6) is 0 Å². The van der Waals surface area contributed by atoms with Crippen LogP contribution in [0.2, 0.25) is 0 Å². The molecule has 19 heavy (non-hydrogen) atoms. The van der Waals surface area contributed by atoms with Crippen LogP contribution in [0, 0.1) is 5.92 Å². The Labute approximate surface area is 122 Å². The van der Waals surface area contributed by atoms with Crippen LogP contribution in [-0.2, 0) is 15.4 Å². The summed E-state index contributed by atoms with van der Waals surface area (Å²) in [5.41, 5.74) is 0.950. The quantitative estimate of drug-likeness (QED) is 0.847. The average molecular weight is 348 g/mol. The normalized spacial score (nSPS) is 18.6. The van der Waals surface area contributed by atoms with Gasteiger partial charge in [0.2, 0.25) is 10.0 Å². The minimum Gasteiger partial charge on any atom is -0.396 e. The van der Waals surface area contributed by atoms with Crippen LogP contribution in [0.4, 0.5) is 0 Å². The van der Waals surface area contributed by atoms with E-state index in [1.807, 2.05) is 6.07 Å². The van der Waals surface area contributed by atoms with E-state index < -0.39 is 10.0 Å². The lowest BCUT2D eigenvalue weighted by molar-refractivity contribution is 0.170. The number of piperidine rings is 1. The van der Waals surface area contributed by atoms with Gasteiger partial charge in [-0.05, 0) is 36.5 Å². The second kappa shape index (κ2) is 6.35. The molecule has 1 aromatic rings. The topological polar surface area (TPSA) is 57.6 Å². The lowest BCUT2D eigenvalue weighted by Gasteiger charge is -2.30. The van der Waals surface area contributed by atoms with Crippen molar-refractivity contribution >= 4 is 26.0 Å². The number of aliphatic hydroxyl groups is 1. The highest BCUT2D eigenvalue weighted by Crippen LogP contribution is 2.24. The van der Waals surface area contributed by atoms with Crippen LogP contribution >= 0.6 is 15.9 Å². The molecule has 0 unspecified atom stereocenters. The largest absolute Gasteiger partial charge is 0.396 e. The fourth-order valence-corrected chi connectivity index (χ4v) is 4.16. The molecule has 2 rings (SSSR count). The van der Waals surface area contributed by atoms with Gasteiger partial charge in [0.15, 0.2) is 0 Å². The molecule has 1 fully saturated rings. The van der Waals surface area contributed by atoms with Crippen LogP contribution in [0.15, 0.2) is 29.2 Å². The van der Waals surface area contributed by atoms with Crippen molar-refractivity contribution in [1.82, 2.24) is 4.31 Å². The van der Waals surface area contributed by atoms with Gasteiger partial charge in [-0.1, -0.05) is 28.1 Å². The molecule has 4 nitrogen and oxygen atoms in total. The number of aliphatic hydroxyl groups excluding tert-OH is 1. The maximum absolute atomic E-state index is 12.5. The van der Waals surface area contributed by atoms with E-state index in [0.717, 1.165) is 18.4 Å². The molecule has 0 amide bonds. The van der Waals surface area contributed by atoms with Crippen molar-refractivity contribution in [2.75, 3.05) is 19.7 Å². The van der Waals surface area contributed by atoms with Crippen LogP contribution in [0.25, 0.3) is 0 Å². The van der Waals surface area contributed by atoms with Crippen molar-refractivity contribution in [2.24, 2.45) is 5.92 Å². The molecular weight excluding hydrogens is 330 g/mol. The van der Waals surface area contributed by atoms with Gasteiger partial charge in [-0.25, -0.2) is 8.42 Å². The van der Waals surface area contributed by atoms with Crippen molar-refractivity contribution in [1.29, 1.82) is 0 Å². The van der Waals surface area contributed by atoms with Crippen molar-refractivity contribution in [3.8, 4) is 0 Å². The number of hydrogen-bond donors (Lipinski definition) is 1. The van der Waals surface area contributed by atoms with Crippen molar-refractivity contribution < 1.29 is 13.5 Å². The maximum atomic E-state index is 12.5. The number of hydrogen-bond acceptors (Lipinski definition) is 3. The standard InChI is InChI=1S/C13H18BrNO3S/c14-9-12-2-1-3-13(8-12)19(17,18)15-6-4-11(10-16)5-7-15/h1-3,8,11,16H,4-7,9-10H2. The minimum absolute atomic E-state index is 0.146. The third kappa shape index (κ3) is 3.37. The van der Waals surface area contributed by atoms with Crippen molar-refractivity contribution in [3.05, 3.63) is 29.8 Å². The van der Waals surface area contributed by atoms with Gasteiger partial charge in [0, 0.05) is 25.0 Å². The van der Waals surface area contributed by atoms with Crippen LogP contribution < -0.4 is 0 Å². The predicted molar refractivity (Wildman–Crippen MR) is 77.6 cm³/mol. The molecule has 1 N–H and O–H groups in total. The van der Waals surface area contributed by atoms with E-state index in [1.165, 1.54) is 4.31 Å². The van der Waals surface area contributed by atoms with Gasteiger partial charge in [-0.3, -0.25) is 0 Å². The molecule has 0 radical (unpaired) electrons. The first-order chi connectivity index (χ1) is 9.07. The summed E-state index contributed by atoms with van der Waals surface area (Å²) in [6.45, 7) is 1.13. The van der Waals surface area contributed by atoms with Gasteiger partial charge >= 0.3 is 0 Å². The Balaban J connectivity index is 2.18. The number of halogens is 1. The highest BCUT2D eigenvalue weighted by Gasteiger charge is 2.29. The molecule has 106 valence electrons. The first kappa shape index (κ1) is 15.0. The third-order valence-electron chi connectivity index (χ3n) is 3.52. The molecule has 0 aliphatic carbocycles. The van der Waals surface area contributed by atoms with Gasteiger partial charge in [0.05, 0.1) is 4.90 Å². The highest BCUT2D eigenvalue weighted by molar-refractivity contribution is 9.08. The Kier molecular flexibility index (Phi) is 5.00. The summed E-state index contributed by atoms with van der Waals surface area (Å²) >= 11 is 3.34. The Hall–Kier alpha value is -0.430. The smallest absolute Gasteiger partial charge is 0.243 e. The van der Waals surface area contributed by atoms with Crippen molar-refractivity contribution in [2.45, 2.75) is 23.1 Å². The molecule has 0 bridgehead atoms. The fraction of sp³-hybridized carbons (Fsp3) is 0.538. The second-order valence-electron chi connectivity index (χ2n) is 4.81. The molecular formula is C13H18BrNO3S. The number of benzene rings is 1. The van der Waals surface area contributed by atoms with E-state index in [-0.39, 0.29) is 12.5 Å². The number of rotatable bonds is 4. The fourth-order valence-electron chi connectivity index (χ4n) is 2.27. The Bertz CT molecular complexity index is 524. The minimum atomic E-state index is -3.40. The predicted octanol–water partition coefficient (Wildman–Crippen LogP) is 1.97. The summed E-state index contributed by atoms with van der Waals surface area (Å²) < 4.78 is 26.5. The Morgan fingerprint density at radius 2 is 2.00 bits per heavy atom. The van der Waals surface area contributed by atoms with E-state index >= 15 is 0 Å². The molecule has 1 aliphatic rings. The number of nitrogens with zero attached hydrogens (tertiary/aromatic N) is 1. The first-order valence-electron chi connectivity index (χ1n) is 6.34. The monoisotopic (exact) mass is 347 g/mol. The van der Waals surface area contributed by atoms with E-state index in [1.54, 1.807) is 18.2 Å². The summed E-state index contributed by atoms with van der Waals surface area (Å²) in [6, 6.07) is 7.01. The highest BCUT2D eigenvalue weighted by atomic mass is 79.9. The SMILES string of the molecule is O=S(=O)(c1cccc(CBr)c1)N1CCC(CO)CC1. The second-order valence-corrected chi connectivity index (χ2v) is 7.31. The lowest BCUT2D eigenvalue weighted by atomic mass is 10.00. The summed E-state index contributed by atoms with van der Waals surface area (Å²) in [4.78, 5) is 0.354. The molecule has 1 aromatic carbocycles. The summed E-state index contributed by atoms with van der Waals surface area (Å²) in [5.74, 6) is 0.236. The Morgan fingerprint density at radius 1 is 1.32 bits per heavy atom. The zero-order chi connectivity index (χ0) is 13.9. The van der Waals surface area contributed by atoms with Crippen LogP contribution in [0.1, 0.15) is 18.4 Å². The van der Waals surface area contributed by atoms with Crippen molar-refractivity contribution in [3.63, 3.8) is 0 Å². The number of alkyl halides is 1. The zero-order valence-electron chi connectivity index (χ0n) is 10.6. The lowest BCUT2D eigenvalue weighted by Crippen LogP contribution is -2.39. The summed E-state index contributed by atoms with van der Waals surface area (Å²) in [7, 11) is -3.40. The molecule has 0 atom stereocenters. The van der Waals surface area contributed by atoms with Gasteiger partial charge in [-0.15, -0.1) is 0 Å². The molecule has 1 heterocycles. The molecule has 1 aliphatic heterocycles. The average Bonchev–Trinajstić information content (AvgIpc) is 2.47. The van der Waals surface area contributed by atoms with E-state index in [9.17, 15) is 8.42 Å². The van der Waals surface area contributed by atoms with Gasteiger partial charge in [0.1, 0.15) is 0 Å². The van der Waals surface area contributed by atoms with Gasteiger partial charge in [-0.2, -0.15) is 4.31 Å². The number of sulfonamides is 1. The molecule has 1 saturated heterocycles. The molecule has 0 saturated carbocycles. The van der Waals surface area contributed by atoms with Crippen LogP contribution in [0.3, 0.4) is 0 Å². The summed E-state index contributed by atoms with van der Waals surface area (Å²) in [5, 5.41) is 9.73. The molecule has 6 heteroatoms. The van der Waals surface area contributed by atoms with E-state index in [2.05, 4.69) is 15.9 Å². The van der Waals surface area contributed by atoms with Crippen LogP contribution in [-0.4, -0.2) is 37.5 Å². The molecule has 0 spiro atoms. The third-order valence-corrected chi connectivity index (χ3v) is 6.06. The van der Waals surface area contributed by atoms with Gasteiger partial charge < -0.3 is 5.11 Å². The maximum Gasteiger partial charge on any atom is 0.243 e. The summed E-state index contributed by atoms with van der Waals surface area (Å²) in [6.07, 6.45) is 1.46. The Morgan fingerprint density at radius 3 is 2.58 bits per heavy atom. The first-order valence-corrected chi connectivity index (χ1v) is 8.90. The zero-order valence-corrected chi connectivity index (χ0v) is 13.0. The van der Waals surface area contributed by atoms with E-state index in [4.69, 9.17) is 5.11 Å². The van der Waals surface area contributed by atoms with Gasteiger partial charge in [0.25, 0.3) is 0 Å².